The highest BCUT2D eigenvalue weighted by molar-refractivity contribution is 9.10. The lowest BCUT2D eigenvalue weighted by atomic mass is 10.1. The van der Waals surface area contributed by atoms with Crippen molar-refractivity contribution in [3.63, 3.8) is 0 Å². The fraction of sp³-hybridized carbons (Fsp3) is 0.481. The molecule has 0 bridgehead atoms. The summed E-state index contributed by atoms with van der Waals surface area (Å²) in [5, 5.41) is 2.36. The van der Waals surface area contributed by atoms with Crippen LogP contribution in [0.15, 0.2) is 39.7 Å². The summed E-state index contributed by atoms with van der Waals surface area (Å²) in [6.07, 6.45) is 0.960. The molecule has 0 aromatic heterocycles. The van der Waals surface area contributed by atoms with Gasteiger partial charge in [-0.05, 0) is 66.8 Å². The van der Waals surface area contributed by atoms with Crippen LogP contribution in [0.1, 0.15) is 30.4 Å². The molecule has 0 spiro atoms. The quantitative estimate of drug-likeness (QED) is 0.285. The lowest BCUT2D eigenvalue weighted by molar-refractivity contribution is -0.116. The topological polar surface area (TPSA) is 102 Å². The molecular formula is C27H36BrFN2O6SSi. The maximum Gasteiger partial charge on any atom is 0.409 e. The van der Waals surface area contributed by atoms with Gasteiger partial charge in [0.15, 0.2) is 21.4 Å². The summed E-state index contributed by atoms with van der Waals surface area (Å²) in [5.74, 6) is -0.773. The standard InChI is InChI=1S/C27H36BrFN2O6SSi/c1-31(27(33)37-12-13-39(3,4)5)17-19-15-21(7-10-24(19)38(34,35)22-8-9-22)30-25(32)11-6-18-14-20(28)16-23(29)26(18)36-2/h7,10,14-16,22H,6,8-9,11-13,17H2,1-5H3,(H,30,32). The van der Waals surface area contributed by atoms with Gasteiger partial charge in [0.05, 0.1) is 30.4 Å². The third-order valence-corrected chi connectivity index (χ3v) is 10.8. The van der Waals surface area contributed by atoms with Gasteiger partial charge in [0.1, 0.15) is 0 Å². The van der Waals surface area contributed by atoms with E-state index in [0.717, 1.165) is 6.04 Å². The van der Waals surface area contributed by atoms with Crippen LogP contribution in [0.25, 0.3) is 0 Å². The summed E-state index contributed by atoms with van der Waals surface area (Å²) >= 11 is 3.25. The van der Waals surface area contributed by atoms with Gasteiger partial charge in [0.25, 0.3) is 0 Å². The van der Waals surface area contributed by atoms with E-state index in [-0.39, 0.29) is 35.9 Å². The fourth-order valence-corrected chi connectivity index (χ4v) is 7.04. The molecule has 39 heavy (non-hydrogen) atoms. The van der Waals surface area contributed by atoms with Crippen LogP contribution >= 0.6 is 15.9 Å². The number of benzene rings is 2. The van der Waals surface area contributed by atoms with Gasteiger partial charge in [-0.3, -0.25) is 4.79 Å². The number of methoxy groups -OCH3 is 1. The van der Waals surface area contributed by atoms with Gasteiger partial charge in [-0.1, -0.05) is 35.6 Å². The zero-order chi connectivity index (χ0) is 29.0. The Hall–Kier alpha value is -2.44. The Bertz CT molecular complexity index is 1330. The van der Waals surface area contributed by atoms with Gasteiger partial charge >= 0.3 is 6.09 Å². The summed E-state index contributed by atoms with van der Waals surface area (Å²) in [6.45, 7) is 6.88. The first-order chi connectivity index (χ1) is 18.2. The second-order valence-electron chi connectivity index (χ2n) is 11.0. The predicted octanol–water partition coefficient (Wildman–Crippen LogP) is 6.01. The Labute approximate surface area is 239 Å². The molecule has 3 rings (SSSR count). The molecule has 214 valence electrons. The van der Waals surface area contributed by atoms with Crippen LogP contribution in [-0.2, 0) is 32.3 Å². The number of anilines is 1. The van der Waals surface area contributed by atoms with E-state index in [1.165, 1.54) is 24.1 Å². The first kappa shape index (κ1) is 31.1. The van der Waals surface area contributed by atoms with Gasteiger partial charge in [-0.2, -0.15) is 0 Å². The lowest BCUT2D eigenvalue weighted by Crippen LogP contribution is -2.30. The normalized spacial score (nSPS) is 13.6. The van der Waals surface area contributed by atoms with Crippen molar-refractivity contribution in [2.75, 3.05) is 26.1 Å². The number of rotatable bonds is 12. The van der Waals surface area contributed by atoms with Crippen LogP contribution in [0.5, 0.6) is 5.75 Å². The van der Waals surface area contributed by atoms with E-state index in [2.05, 4.69) is 40.9 Å². The van der Waals surface area contributed by atoms with Gasteiger partial charge in [0, 0.05) is 31.7 Å². The Balaban J connectivity index is 1.74. The van der Waals surface area contributed by atoms with Crippen molar-refractivity contribution in [2.24, 2.45) is 0 Å². The molecule has 2 aromatic rings. The molecule has 8 nitrogen and oxygen atoms in total. The van der Waals surface area contributed by atoms with Gasteiger partial charge in [-0.25, -0.2) is 17.6 Å². The molecular weight excluding hydrogens is 607 g/mol. The van der Waals surface area contributed by atoms with E-state index >= 15 is 0 Å². The summed E-state index contributed by atoms with van der Waals surface area (Å²) < 4.78 is 51.4. The average molecular weight is 644 g/mol. The van der Waals surface area contributed by atoms with Crippen molar-refractivity contribution >= 4 is 51.5 Å². The molecule has 2 amide bonds. The van der Waals surface area contributed by atoms with E-state index < -0.39 is 35.1 Å². The maximum atomic E-state index is 14.2. The SMILES string of the molecule is COc1c(F)cc(Br)cc1CCC(=O)Nc1ccc(S(=O)(=O)C2CC2)c(CN(C)C(=O)OCC[Si](C)(C)C)c1. The van der Waals surface area contributed by atoms with Gasteiger partial charge in [-0.15, -0.1) is 0 Å². The maximum absolute atomic E-state index is 14.2. The first-order valence-corrected chi connectivity index (χ1v) is 18.8. The number of amides is 2. The number of nitrogens with zero attached hydrogens (tertiary/aromatic N) is 1. The number of halogens is 2. The Morgan fingerprint density at radius 1 is 1.15 bits per heavy atom. The molecule has 1 aliphatic carbocycles. The summed E-state index contributed by atoms with van der Waals surface area (Å²) in [4.78, 5) is 26.8. The minimum atomic E-state index is -3.55. The lowest BCUT2D eigenvalue weighted by Gasteiger charge is -2.21. The van der Waals surface area contributed by atoms with Crippen LogP contribution in [0.2, 0.25) is 25.7 Å². The number of hydrogen-bond donors (Lipinski definition) is 1. The Morgan fingerprint density at radius 2 is 1.85 bits per heavy atom. The van der Waals surface area contributed by atoms with E-state index in [1.807, 2.05) is 0 Å². The van der Waals surface area contributed by atoms with Crippen LogP contribution < -0.4 is 10.1 Å². The number of carbonyl (C=O) groups is 2. The summed E-state index contributed by atoms with van der Waals surface area (Å²) in [5.41, 5.74) is 1.35. The van der Waals surface area contributed by atoms with Gasteiger partial charge in [0.2, 0.25) is 5.91 Å². The summed E-state index contributed by atoms with van der Waals surface area (Å²) in [6, 6.07) is 8.42. The largest absolute Gasteiger partial charge is 0.493 e. The van der Waals surface area contributed by atoms with Crippen LogP contribution in [-0.4, -0.2) is 59.4 Å². The molecule has 1 N–H and O–H groups in total. The van der Waals surface area contributed by atoms with E-state index in [0.29, 0.717) is 40.7 Å². The number of ether oxygens (including phenoxy) is 2. The van der Waals surface area contributed by atoms with Crippen molar-refractivity contribution in [2.45, 2.75) is 68.1 Å². The zero-order valence-corrected chi connectivity index (χ0v) is 26.4. The number of hydrogen-bond acceptors (Lipinski definition) is 6. The van der Waals surface area contributed by atoms with E-state index in [1.54, 1.807) is 25.2 Å². The van der Waals surface area contributed by atoms with Crippen molar-refractivity contribution in [3.05, 3.63) is 51.7 Å². The highest BCUT2D eigenvalue weighted by atomic mass is 79.9. The van der Waals surface area contributed by atoms with Crippen molar-refractivity contribution in [1.29, 1.82) is 0 Å². The smallest absolute Gasteiger partial charge is 0.409 e. The van der Waals surface area contributed by atoms with Crippen molar-refractivity contribution in [3.8, 4) is 5.75 Å². The molecule has 0 unspecified atom stereocenters. The van der Waals surface area contributed by atoms with Crippen LogP contribution in [0.4, 0.5) is 14.9 Å². The minimum absolute atomic E-state index is 0.00525. The first-order valence-electron chi connectivity index (χ1n) is 12.8. The molecule has 1 fully saturated rings. The van der Waals surface area contributed by atoms with Gasteiger partial charge < -0.3 is 19.7 Å². The average Bonchev–Trinajstić information content (AvgIpc) is 3.68. The monoisotopic (exact) mass is 642 g/mol. The molecule has 0 radical (unpaired) electrons. The van der Waals surface area contributed by atoms with E-state index in [4.69, 9.17) is 9.47 Å². The van der Waals surface area contributed by atoms with Crippen LogP contribution in [0.3, 0.4) is 0 Å². The highest BCUT2D eigenvalue weighted by Gasteiger charge is 2.38. The zero-order valence-electron chi connectivity index (χ0n) is 23.0. The molecule has 0 aliphatic heterocycles. The third-order valence-electron chi connectivity index (χ3n) is 6.32. The number of carbonyl (C=O) groups excluding carboxylic acids is 2. The van der Waals surface area contributed by atoms with Crippen molar-refractivity contribution < 1.29 is 31.9 Å². The molecule has 1 aliphatic rings. The third kappa shape index (κ3) is 8.77. The van der Waals surface area contributed by atoms with E-state index in [9.17, 15) is 22.4 Å². The summed E-state index contributed by atoms with van der Waals surface area (Å²) in [7, 11) is -2.01. The highest BCUT2D eigenvalue weighted by Crippen LogP contribution is 2.36. The van der Waals surface area contributed by atoms with Crippen LogP contribution in [0, 0.1) is 5.82 Å². The predicted molar refractivity (Wildman–Crippen MR) is 155 cm³/mol. The molecule has 0 atom stereocenters. The molecule has 0 heterocycles. The Kier molecular flexibility index (Phi) is 10.2. The molecule has 1 saturated carbocycles. The fourth-order valence-electron chi connectivity index (χ4n) is 3.99. The minimum Gasteiger partial charge on any atom is -0.493 e. The molecule has 0 saturated heterocycles. The number of nitrogens with one attached hydrogen (secondary N) is 1. The Morgan fingerprint density at radius 3 is 2.46 bits per heavy atom. The second kappa shape index (κ2) is 12.8. The second-order valence-corrected chi connectivity index (χ2v) is 19.7. The molecule has 2 aromatic carbocycles. The number of sulfone groups is 1. The van der Waals surface area contributed by atoms with Crippen molar-refractivity contribution in [1.82, 2.24) is 4.90 Å². The number of aryl methyl sites for hydroxylation is 1. The molecule has 12 heteroatoms.